The minimum Gasteiger partial charge on any atom is -0.466 e. The maximum atomic E-state index is 12.3. The Hall–Kier alpha value is 0.300. The van der Waals surface area contributed by atoms with E-state index < -0.39 is 11.2 Å². The van der Waals surface area contributed by atoms with Crippen LogP contribution in [0.1, 0.15) is 105 Å². The van der Waals surface area contributed by atoms with Gasteiger partial charge in [-0.2, -0.15) is 0 Å². The molecular weight excluding hydrogens is 521 g/mol. The molecule has 0 amide bonds. The molecule has 0 spiro atoms. The highest BCUT2D eigenvalue weighted by Gasteiger charge is 2.26. The Balaban J connectivity index is 1.48. The van der Waals surface area contributed by atoms with E-state index in [0.717, 1.165) is 36.2 Å². The quantitative estimate of drug-likeness (QED) is 0.0937. The normalized spacial score (nSPS) is 20.8. The third-order valence-corrected chi connectivity index (χ3v) is 12.3. The molecule has 2 unspecified atom stereocenters. The summed E-state index contributed by atoms with van der Waals surface area (Å²) in [4.78, 5) is 24.3. The molecule has 2 aliphatic rings. The van der Waals surface area contributed by atoms with E-state index in [2.05, 4.69) is 0 Å². The SMILES string of the molecule is CC(C)(CCOC(=O)CCCCC1CCSS1)OCCC(C)(C)OC(=O)CCCCC1CCSS1. The second kappa shape index (κ2) is 17.0. The molecule has 0 radical (unpaired) electrons. The first-order valence-electron chi connectivity index (χ1n) is 13.2. The smallest absolute Gasteiger partial charge is 0.306 e. The van der Waals surface area contributed by atoms with Crippen molar-refractivity contribution in [2.45, 2.75) is 126 Å². The lowest BCUT2D eigenvalue weighted by atomic mass is 10.0. The van der Waals surface area contributed by atoms with E-state index in [1.54, 1.807) is 0 Å². The standard InChI is InChI=1S/C26H46O5S4/c1-25(2,15-17-29-23(27)11-7-5-9-21-13-19-32-34-21)30-18-16-26(3,4)31-24(28)12-8-6-10-22-14-20-33-35-22/h21-22H,5-20H2,1-4H3. The third kappa shape index (κ3) is 15.3. The molecule has 9 heteroatoms. The van der Waals surface area contributed by atoms with Gasteiger partial charge in [0.1, 0.15) is 5.60 Å². The van der Waals surface area contributed by atoms with Gasteiger partial charge in [-0.25, -0.2) is 0 Å². The van der Waals surface area contributed by atoms with E-state index in [0.29, 0.717) is 38.9 Å². The molecule has 2 heterocycles. The van der Waals surface area contributed by atoms with Gasteiger partial charge in [-0.1, -0.05) is 56.0 Å². The van der Waals surface area contributed by atoms with Gasteiger partial charge in [0.2, 0.25) is 0 Å². The molecule has 204 valence electrons. The molecule has 0 aromatic rings. The van der Waals surface area contributed by atoms with Crippen molar-refractivity contribution in [1.82, 2.24) is 0 Å². The Morgan fingerprint density at radius 3 is 1.83 bits per heavy atom. The Morgan fingerprint density at radius 1 is 0.743 bits per heavy atom. The summed E-state index contributed by atoms with van der Waals surface area (Å²) in [5.41, 5.74) is -0.943. The molecule has 5 nitrogen and oxygen atoms in total. The van der Waals surface area contributed by atoms with Gasteiger partial charge in [0, 0.05) is 47.7 Å². The fourth-order valence-electron chi connectivity index (χ4n) is 3.95. The predicted molar refractivity (Wildman–Crippen MR) is 154 cm³/mol. The second-order valence-corrected chi connectivity index (χ2v) is 16.3. The van der Waals surface area contributed by atoms with Crippen LogP contribution in [0.3, 0.4) is 0 Å². The van der Waals surface area contributed by atoms with Crippen molar-refractivity contribution < 1.29 is 23.8 Å². The molecule has 0 saturated carbocycles. The number of esters is 2. The summed E-state index contributed by atoms with van der Waals surface area (Å²) in [7, 11) is 7.93. The number of hydrogen-bond acceptors (Lipinski definition) is 9. The minimum absolute atomic E-state index is 0.108. The average Bonchev–Trinajstić information content (AvgIpc) is 3.48. The summed E-state index contributed by atoms with van der Waals surface area (Å²) in [6.07, 6.45) is 11.3. The lowest BCUT2D eigenvalue weighted by Crippen LogP contribution is -2.33. The van der Waals surface area contributed by atoms with E-state index in [4.69, 9.17) is 14.2 Å². The van der Waals surface area contributed by atoms with Gasteiger partial charge in [0.25, 0.3) is 0 Å². The maximum absolute atomic E-state index is 12.3. The summed E-state index contributed by atoms with van der Waals surface area (Å²) in [6.45, 7) is 8.78. The molecule has 35 heavy (non-hydrogen) atoms. The van der Waals surface area contributed by atoms with E-state index in [-0.39, 0.29) is 11.9 Å². The van der Waals surface area contributed by atoms with Crippen LogP contribution in [0.25, 0.3) is 0 Å². The van der Waals surface area contributed by atoms with Gasteiger partial charge < -0.3 is 14.2 Å². The van der Waals surface area contributed by atoms with Crippen LogP contribution in [0.4, 0.5) is 0 Å². The zero-order valence-corrected chi connectivity index (χ0v) is 25.4. The lowest BCUT2D eigenvalue weighted by molar-refractivity contribution is -0.159. The molecule has 2 atom stereocenters. The zero-order valence-electron chi connectivity index (χ0n) is 22.1. The molecule has 0 aromatic carbocycles. The Labute approximate surface area is 229 Å². The highest BCUT2D eigenvalue weighted by atomic mass is 33.1. The molecule has 0 aromatic heterocycles. The van der Waals surface area contributed by atoms with Crippen molar-refractivity contribution >= 4 is 55.1 Å². The van der Waals surface area contributed by atoms with Gasteiger partial charge >= 0.3 is 11.9 Å². The first-order valence-corrected chi connectivity index (χ1v) is 18.0. The number of carbonyl (C=O) groups excluding carboxylic acids is 2. The highest BCUT2D eigenvalue weighted by molar-refractivity contribution is 8.77. The van der Waals surface area contributed by atoms with Crippen LogP contribution in [0.5, 0.6) is 0 Å². The second-order valence-electron chi connectivity index (χ2n) is 10.7. The zero-order chi connectivity index (χ0) is 25.6. The van der Waals surface area contributed by atoms with Crippen molar-refractivity contribution in [1.29, 1.82) is 0 Å². The summed E-state index contributed by atoms with van der Waals surface area (Å²) in [5.74, 6) is 2.30. The van der Waals surface area contributed by atoms with Gasteiger partial charge in [0.05, 0.1) is 18.8 Å². The first-order chi connectivity index (χ1) is 16.7. The van der Waals surface area contributed by atoms with Gasteiger partial charge in [-0.05, 0) is 66.2 Å². The van der Waals surface area contributed by atoms with Crippen LogP contribution in [0.2, 0.25) is 0 Å². The molecule has 2 aliphatic heterocycles. The maximum Gasteiger partial charge on any atom is 0.306 e. The van der Waals surface area contributed by atoms with Gasteiger partial charge in [0.15, 0.2) is 0 Å². The molecule has 0 bridgehead atoms. The molecule has 2 fully saturated rings. The van der Waals surface area contributed by atoms with Crippen LogP contribution < -0.4 is 0 Å². The largest absolute Gasteiger partial charge is 0.466 e. The third-order valence-electron chi connectivity index (χ3n) is 6.32. The summed E-state index contributed by atoms with van der Waals surface area (Å²) in [5, 5.41) is 1.54. The van der Waals surface area contributed by atoms with Crippen molar-refractivity contribution in [3.05, 3.63) is 0 Å². The van der Waals surface area contributed by atoms with E-state index in [1.165, 1.54) is 37.2 Å². The van der Waals surface area contributed by atoms with Crippen LogP contribution in [0, 0.1) is 0 Å². The van der Waals surface area contributed by atoms with E-state index in [1.807, 2.05) is 70.9 Å². The van der Waals surface area contributed by atoms with Gasteiger partial charge in [-0.15, -0.1) is 0 Å². The number of carbonyl (C=O) groups is 2. The minimum atomic E-state index is -0.548. The number of unbranched alkanes of at least 4 members (excludes halogenated alkanes) is 2. The molecule has 2 saturated heterocycles. The summed E-state index contributed by atoms with van der Waals surface area (Å²) >= 11 is 0. The highest BCUT2D eigenvalue weighted by Crippen LogP contribution is 2.40. The molecule has 0 aliphatic carbocycles. The molecular formula is C26H46O5S4. The van der Waals surface area contributed by atoms with Crippen molar-refractivity contribution in [2.24, 2.45) is 0 Å². The van der Waals surface area contributed by atoms with Crippen LogP contribution in [-0.4, -0.2) is 58.4 Å². The van der Waals surface area contributed by atoms with Crippen molar-refractivity contribution in [3.63, 3.8) is 0 Å². The van der Waals surface area contributed by atoms with Crippen molar-refractivity contribution in [3.8, 4) is 0 Å². The Morgan fingerprint density at radius 2 is 1.29 bits per heavy atom. The van der Waals surface area contributed by atoms with Crippen LogP contribution >= 0.6 is 43.2 Å². The summed E-state index contributed by atoms with van der Waals surface area (Å²) in [6, 6.07) is 0. The summed E-state index contributed by atoms with van der Waals surface area (Å²) < 4.78 is 17.2. The van der Waals surface area contributed by atoms with Crippen LogP contribution in [0.15, 0.2) is 0 Å². The van der Waals surface area contributed by atoms with E-state index >= 15 is 0 Å². The van der Waals surface area contributed by atoms with Crippen molar-refractivity contribution in [2.75, 3.05) is 24.7 Å². The lowest BCUT2D eigenvalue weighted by Gasteiger charge is -2.29. The Bertz CT molecular complexity index is 617. The molecule has 0 N–H and O–H groups in total. The van der Waals surface area contributed by atoms with Crippen LogP contribution in [-0.2, 0) is 23.8 Å². The average molecular weight is 567 g/mol. The predicted octanol–water partition coefficient (Wildman–Crippen LogP) is 7.86. The number of ether oxygens (including phenoxy) is 3. The fourth-order valence-corrected chi connectivity index (χ4v) is 10.0. The Kier molecular flexibility index (Phi) is 15.3. The molecule has 2 rings (SSSR count). The van der Waals surface area contributed by atoms with Gasteiger partial charge in [-0.3, -0.25) is 9.59 Å². The first kappa shape index (κ1) is 31.5. The topological polar surface area (TPSA) is 61.8 Å². The number of hydrogen-bond donors (Lipinski definition) is 0. The monoisotopic (exact) mass is 566 g/mol. The fraction of sp³-hybridized carbons (Fsp3) is 0.923. The number of rotatable bonds is 18. The van der Waals surface area contributed by atoms with E-state index in [9.17, 15) is 9.59 Å².